The van der Waals surface area contributed by atoms with Crippen molar-refractivity contribution in [2.45, 2.75) is 13.5 Å². The van der Waals surface area contributed by atoms with Crippen molar-refractivity contribution in [3.63, 3.8) is 0 Å². The van der Waals surface area contributed by atoms with Gasteiger partial charge < -0.3 is 10.1 Å². The van der Waals surface area contributed by atoms with Crippen molar-refractivity contribution in [2.24, 2.45) is 0 Å². The molecule has 0 saturated carbocycles. The third-order valence-electron chi connectivity index (χ3n) is 4.22. The molecule has 0 aliphatic rings. The van der Waals surface area contributed by atoms with E-state index in [1.54, 1.807) is 12.1 Å². The Labute approximate surface area is 162 Å². The number of hydrogen-bond acceptors (Lipinski definition) is 5. The van der Waals surface area contributed by atoms with E-state index < -0.39 is 0 Å². The third-order valence-corrected chi connectivity index (χ3v) is 4.22. The smallest absolute Gasteiger partial charge is 0.245 e. The summed E-state index contributed by atoms with van der Waals surface area (Å²) in [5.41, 5.74) is 3.92. The van der Waals surface area contributed by atoms with Gasteiger partial charge in [0.05, 0.1) is 17.8 Å². The Bertz CT molecular complexity index is 1080. The number of benzene rings is 2. The average Bonchev–Trinajstić information content (AvgIpc) is 2.73. The molecule has 2 aromatic heterocycles. The van der Waals surface area contributed by atoms with Crippen LogP contribution in [0.15, 0.2) is 66.7 Å². The van der Waals surface area contributed by atoms with Crippen LogP contribution in [0.25, 0.3) is 22.3 Å². The summed E-state index contributed by atoms with van der Waals surface area (Å²) in [6.45, 7) is 2.97. The molecule has 0 fully saturated rings. The van der Waals surface area contributed by atoms with E-state index in [0.717, 1.165) is 11.1 Å². The standard InChI is InChI=1S/C22H19FN4O/c1-2-28-21-20-19(13-12-18(25-20)16-8-10-17(23)11-9-16)26-22(27-21)24-14-15-6-4-3-5-7-15/h3-13H,2,14H2,1H3,(H,24,26,27). The van der Waals surface area contributed by atoms with Crippen LogP contribution < -0.4 is 10.1 Å². The van der Waals surface area contributed by atoms with Crippen molar-refractivity contribution in [2.75, 3.05) is 11.9 Å². The average molecular weight is 374 g/mol. The molecular formula is C22H19FN4O. The Morgan fingerprint density at radius 3 is 2.43 bits per heavy atom. The molecule has 4 rings (SSSR count). The maximum Gasteiger partial charge on any atom is 0.245 e. The Kier molecular flexibility index (Phi) is 5.10. The molecule has 0 amide bonds. The van der Waals surface area contributed by atoms with Crippen LogP contribution in [0.1, 0.15) is 12.5 Å². The SMILES string of the molecule is CCOc1nc(NCc2ccccc2)nc2ccc(-c3ccc(F)cc3)nc12. The summed E-state index contributed by atoms with van der Waals surface area (Å²) < 4.78 is 18.9. The minimum absolute atomic E-state index is 0.281. The number of fused-ring (bicyclic) bond motifs is 1. The van der Waals surface area contributed by atoms with Gasteiger partial charge in [-0.3, -0.25) is 0 Å². The predicted octanol–water partition coefficient (Wildman–Crippen LogP) is 4.84. The van der Waals surface area contributed by atoms with Crippen LogP contribution in [0.4, 0.5) is 10.3 Å². The summed E-state index contributed by atoms with van der Waals surface area (Å²) in [6, 6.07) is 20.0. The zero-order chi connectivity index (χ0) is 19.3. The number of nitrogens with one attached hydrogen (secondary N) is 1. The van der Waals surface area contributed by atoms with Crippen molar-refractivity contribution in [3.8, 4) is 17.1 Å². The van der Waals surface area contributed by atoms with Crippen molar-refractivity contribution < 1.29 is 9.13 Å². The van der Waals surface area contributed by atoms with E-state index in [4.69, 9.17) is 4.74 Å². The molecule has 0 aliphatic heterocycles. The summed E-state index contributed by atoms with van der Waals surface area (Å²) in [5, 5.41) is 3.23. The lowest BCUT2D eigenvalue weighted by Crippen LogP contribution is -2.06. The fourth-order valence-corrected chi connectivity index (χ4v) is 2.86. The molecule has 5 nitrogen and oxygen atoms in total. The number of rotatable bonds is 6. The predicted molar refractivity (Wildman–Crippen MR) is 108 cm³/mol. The molecule has 1 N–H and O–H groups in total. The van der Waals surface area contributed by atoms with Crippen LogP contribution in [0, 0.1) is 5.82 Å². The minimum atomic E-state index is -0.281. The molecule has 28 heavy (non-hydrogen) atoms. The maximum atomic E-state index is 13.2. The van der Waals surface area contributed by atoms with E-state index >= 15 is 0 Å². The summed E-state index contributed by atoms with van der Waals surface area (Å²) >= 11 is 0. The number of halogens is 1. The third kappa shape index (κ3) is 3.91. The highest BCUT2D eigenvalue weighted by Crippen LogP contribution is 2.26. The van der Waals surface area contributed by atoms with Crippen LogP contribution in [-0.2, 0) is 6.54 Å². The molecule has 6 heteroatoms. The van der Waals surface area contributed by atoms with Crippen molar-refractivity contribution in [1.29, 1.82) is 0 Å². The molecular weight excluding hydrogens is 355 g/mol. The van der Waals surface area contributed by atoms with Gasteiger partial charge in [-0.15, -0.1) is 0 Å². The normalized spacial score (nSPS) is 10.8. The molecule has 0 aliphatic carbocycles. The minimum Gasteiger partial charge on any atom is -0.476 e. The van der Waals surface area contributed by atoms with Gasteiger partial charge in [-0.25, -0.2) is 14.4 Å². The number of nitrogens with zero attached hydrogens (tertiary/aromatic N) is 3. The van der Waals surface area contributed by atoms with Gasteiger partial charge in [0.25, 0.3) is 0 Å². The molecule has 0 atom stereocenters. The quantitative estimate of drug-likeness (QED) is 0.523. The highest BCUT2D eigenvalue weighted by molar-refractivity contribution is 5.83. The van der Waals surface area contributed by atoms with Gasteiger partial charge in [-0.1, -0.05) is 30.3 Å². The first-order chi connectivity index (χ1) is 13.7. The molecule has 0 radical (unpaired) electrons. The van der Waals surface area contributed by atoms with Gasteiger partial charge in [0.15, 0.2) is 5.52 Å². The number of pyridine rings is 1. The van der Waals surface area contributed by atoms with E-state index in [1.807, 2.05) is 49.4 Å². The Morgan fingerprint density at radius 2 is 1.68 bits per heavy atom. The molecule has 0 unspecified atom stereocenters. The number of aromatic nitrogens is 3. The first-order valence-electron chi connectivity index (χ1n) is 9.08. The maximum absolute atomic E-state index is 13.2. The second kappa shape index (κ2) is 8.00. The topological polar surface area (TPSA) is 59.9 Å². The molecule has 0 spiro atoms. The van der Waals surface area contributed by atoms with Gasteiger partial charge in [-0.2, -0.15) is 4.98 Å². The van der Waals surface area contributed by atoms with Crippen LogP contribution in [-0.4, -0.2) is 21.6 Å². The fraction of sp³-hybridized carbons (Fsp3) is 0.136. The second-order valence-corrected chi connectivity index (χ2v) is 6.20. The molecule has 0 saturated heterocycles. The summed E-state index contributed by atoms with van der Waals surface area (Å²) in [4.78, 5) is 13.7. The van der Waals surface area contributed by atoms with Crippen LogP contribution in [0.3, 0.4) is 0 Å². The summed E-state index contributed by atoms with van der Waals surface area (Å²) in [7, 11) is 0. The highest BCUT2D eigenvalue weighted by atomic mass is 19.1. The Balaban J connectivity index is 1.68. The lowest BCUT2D eigenvalue weighted by atomic mass is 10.1. The van der Waals surface area contributed by atoms with E-state index in [0.29, 0.717) is 41.7 Å². The van der Waals surface area contributed by atoms with Gasteiger partial charge >= 0.3 is 0 Å². The number of hydrogen-bond donors (Lipinski definition) is 1. The second-order valence-electron chi connectivity index (χ2n) is 6.20. The van der Waals surface area contributed by atoms with E-state index in [1.165, 1.54) is 12.1 Å². The zero-order valence-corrected chi connectivity index (χ0v) is 15.4. The fourth-order valence-electron chi connectivity index (χ4n) is 2.86. The zero-order valence-electron chi connectivity index (χ0n) is 15.4. The first-order valence-corrected chi connectivity index (χ1v) is 9.08. The Morgan fingerprint density at radius 1 is 0.893 bits per heavy atom. The Hall–Kier alpha value is -3.54. The van der Waals surface area contributed by atoms with E-state index in [-0.39, 0.29) is 5.82 Å². The highest BCUT2D eigenvalue weighted by Gasteiger charge is 2.12. The van der Waals surface area contributed by atoms with Crippen molar-refractivity contribution in [1.82, 2.24) is 15.0 Å². The van der Waals surface area contributed by atoms with Gasteiger partial charge in [0, 0.05) is 12.1 Å². The van der Waals surface area contributed by atoms with Crippen LogP contribution in [0.2, 0.25) is 0 Å². The van der Waals surface area contributed by atoms with Gasteiger partial charge in [0.2, 0.25) is 11.8 Å². The summed E-state index contributed by atoms with van der Waals surface area (Å²) in [5.74, 6) is 0.625. The summed E-state index contributed by atoms with van der Waals surface area (Å²) in [6.07, 6.45) is 0. The molecule has 2 heterocycles. The number of anilines is 1. The van der Waals surface area contributed by atoms with Crippen molar-refractivity contribution >= 4 is 17.0 Å². The van der Waals surface area contributed by atoms with Crippen molar-refractivity contribution in [3.05, 3.63) is 78.1 Å². The molecule has 0 bridgehead atoms. The lowest BCUT2D eigenvalue weighted by Gasteiger charge is -2.11. The van der Waals surface area contributed by atoms with E-state index in [2.05, 4.69) is 20.3 Å². The lowest BCUT2D eigenvalue weighted by molar-refractivity contribution is 0.330. The van der Waals surface area contributed by atoms with Crippen LogP contribution in [0.5, 0.6) is 5.88 Å². The van der Waals surface area contributed by atoms with Crippen LogP contribution >= 0.6 is 0 Å². The molecule has 4 aromatic rings. The van der Waals surface area contributed by atoms with Gasteiger partial charge in [0.1, 0.15) is 5.82 Å². The molecule has 140 valence electrons. The number of ether oxygens (including phenoxy) is 1. The monoisotopic (exact) mass is 374 g/mol. The molecule has 2 aromatic carbocycles. The van der Waals surface area contributed by atoms with E-state index in [9.17, 15) is 4.39 Å². The van der Waals surface area contributed by atoms with Gasteiger partial charge in [-0.05, 0) is 48.9 Å². The first kappa shape index (κ1) is 17.9. The largest absolute Gasteiger partial charge is 0.476 e.